The van der Waals surface area contributed by atoms with E-state index >= 15 is 0 Å². The van der Waals surface area contributed by atoms with Crippen LogP contribution in [-0.4, -0.2) is 69.2 Å². The number of esters is 1. The normalized spacial score (nSPS) is 17.8. The second kappa shape index (κ2) is 13.3. The highest BCUT2D eigenvalue weighted by Gasteiger charge is 2.28. The fourth-order valence-corrected chi connectivity index (χ4v) is 2.39. The molecule has 0 bridgehead atoms. The summed E-state index contributed by atoms with van der Waals surface area (Å²) in [6.07, 6.45) is 5.18. The van der Waals surface area contributed by atoms with Gasteiger partial charge in [-0.15, -0.1) is 6.58 Å². The molecule has 0 spiro atoms. The average molecular weight is 368 g/mol. The van der Waals surface area contributed by atoms with Crippen molar-refractivity contribution in [3.8, 4) is 6.07 Å². The molecule has 8 heteroatoms. The van der Waals surface area contributed by atoms with E-state index in [1.54, 1.807) is 12.1 Å². The van der Waals surface area contributed by atoms with Crippen LogP contribution in [0.2, 0.25) is 0 Å². The van der Waals surface area contributed by atoms with Crippen molar-refractivity contribution >= 4 is 11.9 Å². The van der Waals surface area contributed by atoms with E-state index in [0.717, 1.165) is 19.3 Å². The molecule has 1 fully saturated rings. The van der Waals surface area contributed by atoms with Gasteiger partial charge in [0.05, 0.1) is 19.8 Å². The Morgan fingerprint density at radius 2 is 2.23 bits per heavy atom. The van der Waals surface area contributed by atoms with Gasteiger partial charge in [-0.25, -0.2) is 4.79 Å². The molecule has 0 saturated carbocycles. The van der Waals surface area contributed by atoms with Crippen molar-refractivity contribution in [1.29, 1.82) is 5.26 Å². The van der Waals surface area contributed by atoms with Gasteiger partial charge in [0.2, 0.25) is 5.91 Å². The van der Waals surface area contributed by atoms with Crippen LogP contribution in [0.5, 0.6) is 0 Å². The third-order valence-corrected chi connectivity index (χ3v) is 3.92. The minimum atomic E-state index is -0.911. The van der Waals surface area contributed by atoms with Gasteiger partial charge in [0.15, 0.2) is 18.9 Å². The second-order valence-corrected chi connectivity index (χ2v) is 5.86. The van der Waals surface area contributed by atoms with Crippen molar-refractivity contribution in [1.82, 2.24) is 4.90 Å². The molecule has 1 aliphatic rings. The van der Waals surface area contributed by atoms with E-state index in [4.69, 9.17) is 24.2 Å². The van der Waals surface area contributed by atoms with E-state index < -0.39 is 12.0 Å². The fourth-order valence-electron chi connectivity index (χ4n) is 2.39. The highest BCUT2D eigenvalue weighted by molar-refractivity contribution is 5.84. The van der Waals surface area contributed by atoms with Gasteiger partial charge < -0.3 is 23.8 Å². The SMILES string of the molecule is C=CCCC(=O)N(C)[C@@H](COCCOC1CCCCO1)C(=O)OCC#N. The molecule has 1 aliphatic heterocycles. The van der Waals surface area contributed by atoms with Crippen LogP contribution in [0.4, 0.5) is 0 Å². The summed E-state index contributed by atoms with van der Waals surface area (Å²) in [5.41, 5.74) is 0. The van der Waals surface area contributed by atoms with Crippen molar-refractivity contribution in [3.05, 3.63) is 12.7 Å². The molecule has 0 aromatic carbocycles. The van der Waals surface area contributed by atoms with Crippen molar-refractivity contribution < 1.29 is 28.5 Å². The second-order valence-electron chi connectivity index (χ2n) is 5.86. The van der Waals surface area contributed by atoms with Crippen LogP contribution >= 0.6 is 0 Å². The van der Waals surface area contributed by atoms with Crippen LogP contribution in [0.1, 0.15) is 32.1 Å². The molecule has 0 N–H and O–H groups in total. The third-order valence-electron chi connectivity index (χ3n) is 3.92. The lowest BCUT2D eigenvalue weighted by molar-refractivity contribution is -0.171. The van der Waals surface area contributed by atoms with E-state index in [9.17, 15) is 9.59 Å². The molecule has 0 aromatic rings. The van der Waals surface area contributed by atoms with Gasteiger partial charge in [-0.2, -0.15) is 5.26 Å². The molecule has 1 saturated heterocycles. The first-order chi connectivity index (χ1) is 12.6. The Labute approximate surface area is 154 Å². The zero-order chi connectivity index (χ0) is 19.2. The Kier molecular flexibility index (Phi) is 11.3. The largest absolute Gasteiger partial charge is 0.449 e. The standard InChI is InChI=1S/C18H28N2O6/c1-3-4-7-16(21)20(2)15(18(22)26-11-9-19)14-23-12-13-25-17-8-5-6-10-24-17/h3,15,17H,1,4-8,10-14H2,2H3/t15-,17?/m0/s1. The number of amides is 1. The lowest BCUT2D eigenvalue weighted by Crippen LogP contribution is -2.46. The Morgan fingerprint density at radius 3 is 2.88 bits per heavy atom. The minimum Gasteiger partial charge on any atom is -0.449 e. The number of likely N-dealkylation sites (N-methyl/N-ethyl adjacent to an activating group) is 1. The Bertz CT molecular complexity index is 485. The molecule has 8 nitrogen and oxygen atoms in total. The number of hydrogen-bond acceptors (Lipinski definition) is 7. The van der Waals surface area contributed by atoms with Crippen molar-refractivity contribution in [2.75, 3.05) is 40.1 Å². The van der Waals surface area contributed by atoms with E-state index in [-0.39, 0.29) is 38.4 Å². The van der Waals surface area contributed by atoms with Crippen LogP contribution < -0.4 is 0 Å². The number of nitrogens with zero attached hydrogens (tertiary/aromatic N) is 2. The molecule has 0 aliphatic carbocycles. The predicted octanol–water partition coefficient (Wildman–Crippen LogP) is 1.41. The third kappa shape index (κ3) is 8.43. The molecular weight excluding hydrogens is 340 g/mol. The van der Waals surface area contributed by atoms with E-state index in [0.29, 0.717) is 19.6 Å². The summed E-state index contributed by atoms with van der Waals surface area (Å²) in [5, 5.41) is 8.55. The van der Waals surface area contributed by atoms with Crippen LogP contribution in [0.3, 0.4) is 0 Å². The lowest BCUT2D eigenvalue weighted by Gasteiger charge is -2.26. The smallest absolute Gasteiger partial charge is 0.332 e. The van der Waals surface area contributed by atoms with E-state index in [2.05, 4.69) is 6.58 Å². The van der Waals surface area contributed by atoms with Crippen LogP contribution in [0.15, 0.2) is 12.7 Å². The molecule has 0 aromatic heterocycles. The maximum atomic E-state index is 12.1. The molecular formula is C18H28N2O6. The monoisotopic (exact) mass is 368 g/mol. The van der Waals surface area contributed by atoms with Gasteiger partial charge in [0.25, 0.3) is 0 Å². The van der Waals surface area contributed by atoms with Crippen molar-refractivity contribution in [2.24, 2.45) is 0 Å². The maximum Gasteiger partial charge on any atom is 0.332 e. The first-order valence-electron chi connectivity index (χ1n) is 8.81. The van der Waals surface area contributed by atoms with Gasteiger partial charge in [-0.05, 0) is 25.7 Å². The molecule has 1 rings (SSSR count). The number of allylic oxidation sites excluding steroid dienone is 1. The van der Waals surface area contributed by atoms with Gasteiger partial charge in [-0.1, -0.05) is 6.08 Å². The van der Waals surface area contributed by atoms with Crippen LogP contribution in [-0.2, 0) is 28.5 Å². The Hall–Kier alpha value is -1.95. The van der Waals surface area contributed by atoms with Gasteiger partial charge in [-0.3, -0.25) is 4.79 Å². The highest BCUT2D eigenvalue weighted by atomic mass is 16.7. The number of carbonyl (C=O) groups is 2. The number of hydrogen-bond donors (Lipinski definition) is 0. The predicted molar refractivity (Wildman–Crippen MR) is 92.9 cm³/mol. The zero-order valence-electron chi connectivity index (χ0n) is 15.4. The summed E-state index contributed by atoms with van der Waals surface area (Å²) in [5.74, 6) is -0.892. The van der Waals surface area contributed by atoms with Gasteiger partial charge in [0, 0.05) is 20.1 Å². The van der Waals surface area contributed by atoms with Gasteiger partial charge >= 0.3 is 5.97 Å². The summed E-state index contributed by atoms with van der Waals surface area (Å²) >= 11 is 0. The summed E-state index contributed by atoms with van der Waals surface area (Å²) in [4.78, 5) is 25.5. The topological polar surface area (TPSA) is 98.1 Å². The highest BCUT2D eigenvalue weighted by Crippen LogP contribution is 2.13. The molecule has 1 unspecified atom stereocenters. The van der Waals surface area contributed by atoms with E-state index in [1.165, 1.54) is 11.9 Å². The summed E-state index contributed by atoms with van der Waals surface area (Å²) in [6.45, 7) is 4.47. The molecule has 2 atom stereocenters. The number of nitriles is 1. The van der Waals surface area contributed by atoms with Gasteiger partial charge in [0.1, 0.15) is 6.07 Å². The summed E-state index contributed by atoms with van der Waals surface area (Å²) in [7, 11) is 1.51. The number of rotatable bonds is 12. The number of ether oxygens (including phenoxy) is 4. The summed E-state index contributed by atoms with van der Waals surface area (Å²) in [6, 6.07) is 0.824. The maximum absolute atomic E-state index is 12.1. The van der Waals surface area contributed by atoms with E-state index in [1.807, 2.05) is 0 Å². The minimum absolute atomic E-state index is 0.0323. The van der Waals surface area contributed by atoms with Crippen LogP contribution in [0, 0.1) is 11.3 Å². The molecule has 1 heterocycles. The Balaban J connectivity index is 2.42. The zero-order valence-corrected chi connectivity index (χ0v) is 15.4. The van der Waals surface area contributed by atoms with Crippen molar-refractivity contribution in [3.63, 3.8) is 0 Å². The van der Waals surface area contributed by atoms with Crippen molar-refractivity contribution in [2.45, 2.75) is 44.4 Å². The average Bonchev–Trinajstić information content (AvgIpc) is 2.67. The molecule has 0 radical (unpaired) electrons. The quantitative estimate of drug-likeness (QED) is 0.292. The summed E-state index contributed by atoms with van der Waals surface area (Å²) < 4.78 is 21.3. The Morgan fingerprint density at radius 1 is 1.42 bits per heavy atom. The van der Waals surface area contributed by atoms with Crippen LogP contribution in [0.25, 0.3) is 0 Å². The first kappa shape index (κ1) is 22.1. The molecule has 1 amide bonds. The molecule has 26 heavy (non-hydrogen) atoms. The fraction of sp³-hybridized carbons (Fsp3) is 0.722. The number of carbonyl (C=O) groups excluding carboxylic acids is 2. The first-order valence-corrected chi connectivity index (χ1v) is 8.81. The molecule has 146 valence electrons. The lowest BCUT2D eigenvalue weighted by atomic mass is 10.2.